The third-order valence-corrected chi connectivity index (χ3v) is 8.05. The van der Waals surface area contributed by atoms with Crippen LogP contribution in [0.25, 0.3) is 0 Å². The molecule has 0 aromatic heterocycles. The molecule has 32 heavy (non-hydrogen) atoms. The van der Waals surface area contributed by atoms with Crippen molar-refractivity contribution in [1.29, 1.82) is 0 Å². The lowest BCUT2D eigenvalue weighted by Crippen LogP contribution is -2.39. The van der Waals surface area contributed by atoms with Crippen molar-refractivity contribution in [3.63, 3.8) is 0 Å². The molecule has 4 aliphatic rings. The monoisotopic (exact) mass is 452 g/mol. The smallest absolute Gasteiger partial charge is 0.309 e. The molecule has 1 N–H and O–H groups in total. The van der Waals surface area contributed by atoms with Crippen molar-refractivity contribution in [2.45, 2.75) is 109 Å². The molecule has 0 aromatic rings. The lowest BCUT2D eigenvalue weighted by molar-refractivity contribution is -0.164. The van der Waals surface area contributed by atoms with Crippen LogP contribution in [0.4, 0.5) is 0 Å². The number of epoxide rings is 2. The van der Waals surface area contributed by atoms with E-state index in [1.807, 2.05) is 0 Å². The average Bonchev–Trinajstić information content (AvgIpc) is 3.64. The molecule has 0 amide bonds. The number of ether oxygens (including phenoxy) is 4. The Morgan fingerprint density at radius 1 is 1.12 bits per heavy atom. The second kappa shape index (κ2) is 9.22. The summed E-state index contributed by atoms with van der Waals surface area (Å²) in [6.45, 7) is 8.52. The number of carbonyl (C=O) groups is 2. The van der Waals surface area contributed by atoms with Crippen LogP contribution >= 0.6 is 0 Å². The Morgan fingerprint density at radius 3 is 2.38 bits per heavy atom. The average molecular weight is 453 g/mol. The summed E-state index contributed by atoms with van der Waals surface area (Å²) in [6, 6.07) is 0. The third kappa shape index (κ3) is 5.84. The van der Waals surface area contributed by atoms with Gasteiger partial charge in [-0.25, -0.2) is 0 Å². The van der Waals surface area contributed by atoms with Crippen molar-refractivity contribution < 1.29 is 33.6 Å². The summed E-state index contributed by atoms with van der Waals surface area (Å²) < 4.78 is 22.7. The van der Waals surface area contributed by atoms with Gasteiger partial charge in [0.1, 0.15) is 0 Å². The molecular formula is C25H40O7. The van der Waals surface area contributed by atoms with Gasteiger partial charge in [0.05, 0.1) is 54.6 Å². The molecule has 0 aromatic carbocycles. The van der Waals surface area contributed by atoms with Gasteiger partial charge in [-0.15, -0.1) is 0 Å². The van der Waals surface area contributed by atoms with Crippen LogP contribution in [0.5, 0.6) is 0 Å². The van der Waals surface area contributed by atoms with E-state index in [2.05, 4.69) is 13.8 Å². The maximum absolute atomic E-state index is 12.9. The summed E-state index contributed by atoms with van der Waals surface area (Å²) in [5.41, 5.74) is -0.670. The first-order valence-electron chi connectivity index (χ1n) is 12.5. The van der Waals surface area contributed by atoms with Crippen LogP contribution < -0.4 is 0 Å². The highest BCUT2D eigenvalue weighted by Crippen LogP contribution is 2.49. The summed E-state index contributed by atoms with van der Waals surface area (Å²) in [6.07, 6.45) is 6.80. The van der Waals surface area contributed by atoms with Crippen molar-refractivity contribution in [3.05, 3.63) is 0 Å². The summed E-state index contributed by atoms with van der Waals surface area (Å²) in [7, 11) is 0. The quantitative estimate of drug-likeness (QED) is 0.401. The molecule has 8 unspecified atom stereocenters. The number of esters is 2. The highest BCUT2D eigenvalue weighted by molar-refractivity contribution is 5.82. The number of hydrogen-bond donors (Lipinski definition) is 1. The molecule has 2 saturated carbocycles. The molecule has 0 bridgehead atoms. The van der Waals surface area contributed by atoms with Gasteiger partial charge in [-0.3, -0.25) is 9.59 Å². The number of hydrogen-bond acceptors (Lipinski definition) is 7. The molecule has 8 atom stereocenters. The first-order chi connectivity index (χ1) is 15.1. The zero-order chi connectivity index (χ0) is 23.1. The SMILES string of the molecule is CCC(CCC(C)(C)O)COC(=O)C1CC2OC2CC1C(=O)OCC1CCC2(C)OC2C1. The Labute approximate surface area is 191 Å². The Morgan fingerprint density at radius 2 is 1.78 bits per heavy atom. The first-order valence-corrected chi connectivity index (χ1v) is 12.5. The second-order valence-electron chi connectivity index (χ2n) is 11.3. The first kappa shape index (κ1) is 24.0. The molecule has 182 valence electrons. The van der Waals surface area contributed by atoms with Crippen LogP contribution in [0.2, 0.25) is 0 Å². The molecular weight excluding hydrogens is 412 g/mol. The molecule has 2 aliphatic carbocycles. The van der Waals surface area contributed by atoms with Crippen LogP contribution in [0.3, 0.4) is 0 Å². The molecule has 2 heterocycles. The molecule has 7 nitrogen and oxygen atoms in total. The zero-order valence-electron chi connectivity index (χ0n) is 20.0. The number of carbonyl (C=O) groups excluding carboxylic acids is 2. The Balaban J connectivity index is 1.26. The van der Waals surface area contributed by atoms with Gasteiger partial charge >= 0.3 is 11.9 Å². The highest BCUT2D eigenvalue weighted by atomic mass is 16.6. The van der Waals surface area contributed by atoms with Crippen LogP contribution in [0.1, 0.15) is 79.1 Å². The zero-order valence-corrected chi connectivity index (χ0v) is 20.0. The number of fused-ring (bicyclic) bond motifs is 2. The Hall–Kier alpha value is -1.18. The van der Waals surface area contributed by atoms with Crippen LogP contribution in [-0.4, -0.2) is 59.8 Å². The van der Waals surface area contributed by atoms with Crippen LogP contribution in [-0.2, 0) is 28.5 Å². The summed E-state index contributed by atoms with van der Waals surface area (Å²) in [5.74, 6) is -1.07. The van der Waals surface area contributed by atoms with E-state index in [1.54, 1.807) is 13.8 Å². The fraction of sp³-hybridized carbons (Fsp3) is 0.920. The van der Waals surface area contributed by atoms with E-state index in [4.69, 9.17) is 18.9 Å². The van der Waals surface area contributed by atoms with E-state index < -0.39 is 17.4 Å². The largest absolute Gasteiger partial charge is 0.465 e. The van der Waals surface area contributed by atoms with Crippen molar-refractivity contribution in [2.24, 2.45) is 23.7 Å². The third-order valence-electron chi connectivity index (χ3n) is 8.05. The van der Waals surface area contributed by atoms with Crippen molar-refractivity contribution in [1.82, 2.24) is 0 Å². The van der Waals surface area contributed by atoms with Gasteiger partial charge in [-0.05, 0) is 77.6 Å². The van der Waals surface area contributed by atoms with Crippen molar-refractivity contribution >= 4 is 11.9 Å². The fourth-order valence-corrected chi connectivity index (χ4v) is 5.39. The molecule has 7 heteroatoms. The number of aliphatic hydroxyl groups is 1. The van der Waals surface area contributed by atoms with Crippen molar-refractivity contribution in [2.75, 3.05) is 13.2 Å². The predicted molar refractivity (Wildman–Crippen MR) is 117 cm³/mol. The van der Waals surface area contributed by atoms with Gasteiger partial charge in [-0.2, -0.15) is 0 Å². The molecule has 0 radical (unpaired) electrons. The topological polar surface area (TPSA) is 97.9 Å². The van der Waals surface area contributed by atoms with Gasteiger partial charge in [0.15, 0.2) is 0 Å². The minimum absolute atomic E-state index is 0.0559. The van der Waals surface area contributed by atoms with E-state index >= 15 is 0 Å². The van der Waals surface area contributed by atoms with Gasteiger partial charge in [0.25, 0.3) is 0 Å². The fourth-order valence-electron chi connectivity index (χ4n) is 5.39. The van der Waals surface area contributed by atoms with E-state index in [-0.39, 0.29) is 35.7 Å². The molecule has 2 aliphatic heterocycles. The lowest BCUT2D eigenvalue weighted by Gasteiger charge is -2.28. The van der Waals surface area contributed by atoms with Gasteiger partial charge < -0.3 is 24.1 Å². The highest BCUT2D eigenvalue weighted by Gasteiger charge is 2.56. The Kier molecular flexibility index (Phi) is 6.91. The van der Waals surface area contributed by atoms with Crippen LogP contribution in [0, 0.1) is 23.7 Å². The lowest BCUT2D eigenvalue weighted by atomic mass is 9.79. The normalized spacial score (nSPS) is 38.8. The number of rotatable bonds is 10. The maximum atomic E-state index is 12.9. The minimum atomic E-state index is -0.726. The summed E-state index contributed by atoms with van der Waals surface area (Å²) >= 11 is 0. The molecule has 0 spiro atoms. The van der Waals surface area contributed by atoms with Gasteiger partial charge in [0, 0.05) is 0 Å². The predicted octanol–water partition coefficient (Wildman–Crippen LogP) is 3.40. The minimum Gasteiger partial charge on any atom is -0.465 e. The maximum Gasteiger partial charge on any atom is 0.309 e. The molecule has 4 fully saturated rings. The van der Waals surface area contributed by atoms with E-state index in [9.17, 15) is 14.7 Å². The standard InChI is InChI=1S/C25H40O7/c1-5-15(6-8-24(2,3)28)13-29-22(26)17-11-19-20(31-19)12-18(17)23(27)30-14-16-7-9-25(4)21(10-16)32-25/h15-21,28H,5-14H2,1-4H3. The summed E-state index contributed by atoms with van der Waals surface area (Å²) in [4.78, 5) is 25.9. The van der Waals surface area contributed by atoms with Crippen LogP contribution in [0.15, 0.2) is 0 Å². The summed E-state index contributed by atoms with van der Waals surface area (Å²) in [5, 5.41) is 9.97. The molecule has 4 rings (SSSR count). The Bertz CT molecular complexity index is 701. The van der Waals surface area contributed by atoms with E-state index in [0.29, 0.717) is 44.5 Å². The van der Waals surface area contributed by atoms with E-state index in [1.165, 1.54) is 0 Å². The molecule has 2 saturated heterocycles. The van der Waals surface area contributed by atoms with Crippen molar-refractivity contribution in [3.8, 4) is 0 Å². The van der Waals surface area contributed by atoms with Gasteiger partial charge in [-0.1, -0.05) is 13.3 Å². The second-order valence-corrected chi connectivity index (χ2v) is 11.3. The van der Waals surface area contributed by atoms with Gasteiger partial charge in [0.2, 0.25) is 0 Å². The van der Waals surface area contributed by atoms with E-state index in [0.717, 1.165) is 32.1 Å².